The predicted octanol–water partition coefficient (Wildman–Crippen LogP) is 1.35. The standard InChI is InChI=1S/C14H16N2O3/c1-9(17)7-16-14(18)11-5-10-6-12(19-2)3-4-13(10)15-8-11/h3-6,8-9,17H,7H2,1-2H3,(H,16,18). The first-order chi connectivity index (χ1) is 9.10. The maximum atomic E-state index is 11.9. The summed E-state index contributed by atoms with van der Waals surface area (Å²) in [5.74, 6) is 0.467. The number of carbonyl (C=O) groups excluding carboxylic acids is 1. The molecule has 1 aromatic carbocycles. The molecule has 1 amide bonds. The Hall–Kier alpha value is -2.14. The number of pyridine rings is 1. The smallest absolute Gasteiger partial charge is 0.252 e. The molecule has 0 aliphatic rings. The lowest BCUT2D eigenvalue weighted by atomic mass is 10.1. The van der Waals surface area contributed by atoms with Gasteiger partial charge in [0.05, 0.1) is 24.3 Å². The summed E-state index contributed by atoms with van der Waals surface area (Å²) < 4.78 is 5.14. The minimum absolute atomic E-state index is 0.217. The van der Waals surface area contributed by atoms with E-state index in [1.54, 1.807) is 20.1 Å². The Morgan fingerprint density at radius 1 is 1.47 bits per heavy atom. The van der Waals surface area contributed by atoms with Gasteiger partial charge in [0.2, 0.25) is 0 Å². The van der Waals surface area contributed by atoms with Crippen LogP contribution in [0.15, 0.2) is 30.5 Å². The zero-order chi connectivity index (χ0) is 13.8. The molecule has 1 aromatic heterocycles. The molecule has 2 aromatic rings. The first-order valence-electron chi connectivity index (χ1n) is 6.00. The molecule has 0 radical (unpaired) electrons. The van der Waals surface area contributed by atoms with Gasteiger partial charge in [0.25, 0.3) is 5.91 Å². The van der Waals surface area contributed by atoms with Crippen molar-refractivity contribution in [1.29, 1.82) is 0 Å². The summed E-state index contributed by atoms with van der Waals surface area (Å²) in [6.45, 7) is 1.83. The SMILES string of the molecule is COc1ccc2ncc(C(=O)NCC(C)O)cc2c1. The molecule has 0 saturated heterocycles. The Balaban J connectivity index is 2.27. The number of aliphatic hydroxyl groups is 1. The van der Waals surface area contributed by atoms with E-state index in [4.69, 9.17) is 9.84 Å². The first-order valence-corrected chi connectivity index (χ1v) is 6.00. The Labute approximate surface area is 111 Å². The van der Waals surface area contributed by atoms with E-state index in [9.17, 15) is 4.79 Å². The molecule has 1 unspecified atom stereocenters. The predicted molar refractivity (Wildman–Crippen MR) is 72.3 cm³/mol. The summed E-state index contributed by atoms with van der Waals surface area (Å²) in [4.78, 5) is 16.1. The number of fused-ring (bicyclic) bond motifs is 1. The fraction of sp³-hybridized carbons (Fsp3) is 0.286. The van der Waals surface area contributed by atoms with E-state index in [-0.39, 0.29) is 12.5 Å². The van der Waals surface area contributed by atoms with Crippen molar-refractivity contribution >= 4 is 16.8 Å². The van der Waals surface area contributed by atoms with Gasteiger partial charge in [-0.05, 0) is 31.2 Å². The fourth-order valence-electron chi connectivity index (χ4n) is 1.70. The lowest BCUT2D eigenvalue weighted by Crippen LogP contribution is -2.30. The van der Waals surface area contributed by atoms with Crippen molar-refractivity contribution in [3.05, 3.63) is 36.0 Å². The van der Waals surface area contributed by atoms with Gasteiger partial charge in [0.1, 0.15) is 5.75 Å². The Kier molecular flexibility index (Phi) is 3.97. The third-order valence-corrected chi connectivity index (χ3v) is 2.71. The van der Waals surface area contributed by atoms with Crippen LogP contribution in [0.3, 0.4) is 0 Å². The van der Waals surface area contributed by atoms with E-state index < -0.39 is 6.10 Å². The van der Waals surface area contributed by atoms with Crippen molar-refractivity contribution in [1.82, 2.24) is 10.3 Å². The lowest BCUT2D eigenvalue weighted by molar-refractivity contribution is 0.0924. The third kappa shape index (κ3) is 3.20. The van der Waals surface area contributed by atoms with Crippen LogP contribution in [0, 0.1) is 0 Å². The quantitative estimate of drug-likeness (QED) is 0.870. The molecule has 2 rings (SSSR count). The number of carbonyl (C=O) groups is 1. The molecule has 0 fully saturated rings. The molecule has 5 nitrogen and oxygen atoms in total. The lowest BCUT2D eigenvalue weighted by Gasteiger charge is -2.08. The summed E-state index contributed by atoms with van der Waals surface area (Å²) in [6.07, 6.45) is 0.948. The zero-order valence-electron chi connectivity index (χ0n) is 10.9. The maximum Gasteiger partial charge on any atom is 0.252 e. The Bertz CT molecular complexity index is 596. The number of rotatable bonds is 4. The van der Waals surface area contributed by atoms with Crippen molar-refractivity contribution in [3.8, 4) is 5.75 Å². The largest absolute Gasteiger partial charge is 0.497 e. The molecular formula is C14H16N2O3. The molecule has 5 heteroatoms. The normalized spacial score (nSPS) is 12.2. The minimum Gasteiger partial charge on any atom is -0.497 e. The van der Waals surface area contributed by atoms with Crippen LogP contribution in [-0.2, 0) is 0 Å². The van der Waals surface area contributed by atoms with Crippen LogP contribution in [0.1, 0.15) is 17.3 Å². The molecule has 2 N–H and O–H groups in total. The second-order valence-corrected chi connectivity index (χ2v) is 4.34. The number of hydrogen-bond acceptors (Lipinski definition) is 4. The number of hydrogen-bond donors (Lipinski definition) is 2. The number of aliphatic hydroxyl groups excluding tert-OH is 1. The van der Waals surface area contributed by atoms with E-state index in [0.29, 0.717) is 5.56 Å². The summed E-state index contributed by atoms with van der Waals surface area (Å²) in [7, 11) is 1.59. The first kappa shape index (κ1) is 13.3. The van der Waals surface area contributed by atoms with E-state index in [0.717, 1.165) is 16.7 Å². The number of nitrogens with one attached hydrogen (secondary N) is 1. The van der Waals surface area contributed by atoms with Gasteiger partial charge in [-0.25, -0.2) is 0 Å². The summed E-state index contributed by atoms with van der Waals surface area (Å²) in [6, 6.07) is 7.24. The number of amides is 1. The number of methoxy groups -OCH3 is 1. The van der Waals surface area contributed by atoms with Gasteiger partial charge in [-0.1, -0.05) is 0 Å². The van der Waals surface area contributed by atoms with Crippen LogP contribution < -0.4 is 10.1 Å². The van der Waals surface area contributed by atoms with Crippen molar-refractivity contribution in [2.75, 3.05) is 13.7 Å². The van der Waals surface area contributed by atoms with Gasteiger partial charge in [0.15, 0.2) is 0 Å². The van der Waals surface area contributed by atoms with Crippen molar-refractivity contribution in [2.45, 2.75) is 13.0 Å². The average molecular weight is 260 g/mol. The van der Waals surface area contributed by atoms with Crippen molar-refractivity contribution in [3.63, 3.8) is 0 Å². The highest BCUT2D eigenvalue weighted by molar-refractivity contribution is 5.97. The maximum absolute atomic E-state index is 11.9. The van der Waals surface area contributed by atoms with Gasteiger partial charge in [0, 0.05) is 18.1 Å². The highest BCUT2D eigenvalue weighted by Gasteiger charge is 2.08. The summed E-state index contributed by atoms with van der Waals surface area (Å²) in [5.41, 5.74) is 1.26. The second-order valence-electron chi connectivity index (χ2n) is 4.34. The molecule has 100 valence electrons. The van der Waals surface area contributed by atoms with Crippen molar-refractivity contribution < 1.29 is 14.6 Å². The summed E-state index contributed by atoms with van der Waals surface area (Å²) in [5, 5.41) is 12.6. The topological polar surface area (TPSA) is 71.5 Å². The number of aromatic nitrogens is 1. The van der Waals surface area contributed by atoms with E-state index in [1.807, 2.05) is 18.2 Å². The van der Waals surface area contributed by atoms with E-state index in [2.05, 4.69) is 10.3 Å². The molecule has 1 atom stereocenters. The van der Waals surface area contributed by atoms with Gasteiger partial charge in [-0.3, -0.25) is 9.78 Å². The van der Waals surface area contributed by atoms with E-state index in [1.165, 1.54) is 6.20 Å². The number of ether oxygens (including phenoxy) is 1. The van der Waals surface area contributed by atoms with Gasteiger partial charge >= 0.3 is 0 Å². The number of nitrogens with zero attached hydrogens (tertiary/aromatic N) is 1. The molecule has 1 heterocycles. The fourth-order valence-corrected chi connectivity index (χ4v) is 1.70. The van der Waals surface area contributed by atoms with Gasteiger partial charge in [-0.2, -0.15) is 0 Å². The van der Waals surface area contributed by atoms with Crippen LogP contribution in [0.4, 0.5) is 0 Å². The minimum atomic E-state index is -0.572. The van der Waals surface area contributed by atoms with Crippen LogP contribution in [0.25, 0.3) is 10.9 Å². The van der Waals surface area contributed by atoms with Crippen molar-refractivity contribution in [2.24, 2.45) is 0 Å². The Morgan fingerprint density at radius 3 is 2.95 bits per heavy atom. The van der Waals surface area contributed by atoms with Crippen LogP contribution in [0.2, 0.25) is 0 Å². The van der Waals surface area contributed by atoms with Crippen LogP contribution in [-0.4, -0.2) is 35.8 Å². The highest BCUT2D eigenvalue weighted by atomic mass is 16.5. The molecule has 0 bridgehead atoms. The Morgan fingerprint density at radius 2 is 2.26 bits per heavy atom. The molecular weight excluding hydrogens is 244 g/mol. The molecule has 0 aliphatic carbocycles. The average Bonchev–Trinajstić information content (AvgIpc) is 2.43. The summed E-state index contributed by atoms with van der Waals surface area (Å²) >= 11 is 0. The molecule has 0 spiro atoms. The monoisotopic (exact) mass is 260 g/mol. The van der Waals surface area contributed by atoms with Gasteiger partial charge < -0.3 is 15.2 Å². The molecule has 19 heavy (non-hydrogen) atoms. The van der Waals surface area contributed by atoms with E-state index >= 15 is 0 Å². The zero-order valence-corrected chi connectivity index (χ0v) is 10.9. The second kappa shape index (κ2) is 5.67. The highest BCUT2D eigenvalue weighted by Crippen LogP contribution is 2.19. The number of benzene rings is 1. The van der Waals surface area contributed by atoms with Gasteiger partial charge in [-0.15, -0.1) is 0 Å². The molecule has 0 saturated carbocycles. The van der Waals surface area contributed by atoms with Crippen LogP contribution in [0.5, 0.6) is 5.75 Å². The third-order valence-electron chi connectivity index (χ3n) is 2.71. The van der Waals surface area contributed by atoms with Crippen LogP contribution >= 0.6 is 0 Å². The molecule has 0 aliphatic heterocycles.